The Bertz CT molecular complexity index is 210. The van der Waals surface area contributed by atoms with Crippen LogP contribution in [0.3, 0.4) is 0 Å². The quantitative estimate of drug-likeness (QED) is 0.669. The molecule has 0 aromatic carbocycles. The van der Waals surface area contributed by atoms with Crippen molar-refractivity contribution in [1.29, 1.82) is 0 Å². The van der Waals surface area contributed by atoms with Crippen LogP contribution in [0.4, 0.5) is 0 Å². The van der Waals surface area contributed by atoms with E-state index in [-0.39, 0.29) is 0 Å². The minimum Gasteiger partial charge on any atom is -0.478 e. The molecule has 4 heteroatoms. The van der Waals surface area contributed by atoms with Crippen LogP contribution in [-0.4, -0.2) is 35.2 Å². The van der Waals surface area contributed by atoms with Crippen molar-refractivity contribution in [3.8, 4) is 0 Å². The van der Waals surface area contributed by atoms with Gasteiger partial charge >= 0.3 is 5.97 Å². The number of aliphatic carboxylic acids is 1. The van der Waals surface area contributed by atoms with Crippen molar-refractivity contribution in [1.82, 2.24) is 5.32 Å². The minimum atomic E-state index is -0.861. The first-order valence-corrected chi connectivity index (χ1v) is 5.55. The molecule has 0 spiro atoms. The van der Waals surface area contributed by atoms with Gasteiger partial charge in [0.1, 0.15) is 0 Å². The molecule has 0 amide bonds. The molecule has 1 rings (SSSR count). The summed E-state index contributed by atoms with van der Waals surface area (Å²) >= 11 is 1.95. The van der Waals surface area contributed by atoms with Crippen LogP contribution in [0.25, 0.3) is 0 Å². The van der Waals surface area contributed by atoms with E-state index in [9.17, 15) is 4.79 Å². The Morgan fingerprint density at radius 1 is 1.77 bits per heavy atom. The van der Waals surface area contributed by atoms with Crippen LogP contribution in [0.5, 0.6) is 0 Å². The highest BCUT2D eigenvalue weighted by Gasteiger charge is 2.13. The highest BCUT2D eigenvalue weighted by molar-refractivity contribution is 7.99. The molecule has 0 bridgehead atoms. The second-order valence-corrected chi connectivity index (χ2v) is 4.42. The number of hydrogen-bond donors (Lipinski definition) is 2. The summed E-state index contributed by atoms with van der Waals surface area (Å²) in [5.41, 5.74) is 0.879. The van der Waals surface area contributed by atoms with Crippen LogP contribution in [0.1, 0.15) is 13.3 Å². The fourth-order valence-corrected chi connectivity index (χ4v) is 2.45. The van der Waals surface area contributed by atoms with E-state index in [0.29, 0.717) is 12.6 Å². The van der Waals surface area contributed by atoms with Crippen LogP contribution < -0.4 is 5.32 Å². The zero-order valence-electron chi connectivity index (χ0n) is 7.75. The monoisotopic (exact) mass is 201 g/mol. The smallest absolute Gasteiger partial charge is 0.328 e. The molecule has 1 fully saturated rings. The topological polar surface area (TPSA) is 49.3 Å². The number of carboxylic acids is 1. The summed E-state index contributed by atoms with van der Waals surface area (Å²) in [4.78, 5) is 10.3. The van der Waals surface area contributed by atoms with E-state index in [0.717, 1.165) is 11.3 Å². The van der Waals surface area contributed by atoms with Crippen LogP contribution in [0.2, 0.25) is 0 Å². The van der Waals surface area contributed by atoms with Gasteiger partial charge in [-0.15, -0.1) is 0 Å². The normalized spacial score (nSPS) is 23.5. The lowest BCUT2D eigenvalue weighted by molar-refractivity contribution is -0.131. The van der Waals surface area contributed by atoms with Gasteiger partial charge in [-0.2, -0.15) is 11.8 Å². The van der Waals surface area contributed by atoms with E-state index in [1.165, 1.54) is 18.2 Å². The molecule has 1 atom stereocenters. The van der Waals surface area contributed by atoms with Gasteiger partial charge in [-0.25, -0.2) is 4.79 Å². The fourth-order valence-electron chi connectivity index (χ4n) is 1.26. The standard InChI is InChI=1S/C9H15NO2S/c1-7(4-9(11)12)5-10-8-2-3-13-6-8/h4,8,10H,2-3,5-6H2,1H3,(H,11,12). The van der Waals surface area contributed by atoms with E-state index < -0.39 is 5.97 Å². The Morgan fingerprint density at radius 3 is 3.08 bits per heavy atom. The summed E-state index contributed by atoms with van der Waals surface area (Å²) in [6.07, 6.45) is 2.46. The van der Waals surface area contributed by atoms with E-state index in [2.05, 4.69) is 5.32 Å². The maximum Gasteiger partial charge on any atom is 0.328 e. The molecule has 0 saturated carbocycles. The number of rotatable bonds is 4. The van der Waals surface area contributed by atoms with E-state index >= 15 is 0 Å². The predicted octanol–water partition coefficient (Wildman–Crippen LogP) is 1.11. The number of carbonyl (C=O) groups is 1. The van der Waals surface area contributed by atoms with Gasteiger partial charge in [-0.3, -0.25) is 0 Å². The van der Waals surface area contributed by atoms with Crippen molar-refractivity contribution >= 4 is 17.7 Å². The molecule has 1 unspecified atom stereocenters. The summed E-state index contributed by atoms with van der Waals surface area (Å²) in [7, 11) is 0. The van der Waals surface area contributed by atoms with Crippen molar-refractivity contribution in [2.24, 2.45) is 0 Å². The second-order valence-electron chi connectivity index (χ2n) is 3.27. The van der Waals surface area contributed by atoms with Crippen LogP contribution >= 0.6 is 11.8 Å². The summed E-state index contributed by atoms with van der Waals surface area (Å²) in [5.74, 6) is 1.51. The Morgan fingerprint density at radius 2 is 2.54 bits per heavy atom. The predicted molar refractivity (Wildman–Crippen MR) is 55.1 cm³/mol. The number of nitrogens with one attached hydrogen (secondary N) is 1. The van der Waals surface area contributed by atoms with Crippen molar-refractivity contribution in [2.45, 2.75) is 19.4 Å². The van der Waals surface area contributed by atoms with E-state index in [1.54, 1.807) is 0 Å². The first kappa shape index (κ1) is 10.6. The average Bonchev–Trinajstić information content (AvgIpc) is 2.51. The molecular weight excluding hydrogens is 186 g/mol. The molecule has 74 valence electrons. The maximum absolute atomic E-state index is 10.3. The third kappa shape index (κ3) is 4.33. The molecule has 1 aliphatic heterocycles. The second kappa shape index (κ2) is 5.29. The minimum absolute atomic E-state index is 0.571. The van der Waals surface area contributed by atoms with E-state index in [1.807, 2.05) is 18.7 Å². The van der Waals surface area contributed by atoms with Crippen molar-refractivity contribution in [2.75, 3.05) is 18.1 Å². The Balaban J connectivity index is 2.21. The number of thioether (sulfide) groups is 1. The molecule has 0 aliphatic carbocycles. The summed E-state index contributed by atoms with van der Waals surface area (Å²) < 4.78 is 0. The van der Waals surface area contributed by atoms with Crippen LogP contribution in [0.15, 0.2) is 11.6 Å². The van der Waals surface area contributed by atoms with Crippen LogP contribution in [-0.2, 0) is 4.79 Å². The molecule has 1 heterocycles. The molecule has 2 N–H and O–H groups in total. The van der Waals surface area contributed by atoms with Gasteiger partial charge in [-0.1, -0.05) is 5.57 Å². The summed E-state index contributed by atoms with van der Waals surface area (Å²) in [6, 6.07) is 0.571. The van der Waals surface area contributed by atoms with E-state index in [4.69, 9.17) is 5.11 Å². The number of carboxylic acid groups (broad SMARTS) is 1. The highest BCUT2D eigenvalue weighted by atomic mass is 32.2. The molecule has 1 aliphatic rings. The van der Waals surface area contributed by atoms with Crippen molar-refractivity contribution < 1.29 is 9.90 Å². The SMILES string of the molecule is CC(=CC(=O)O)CNC1CCSC1. The van der Waals surface area contributed by atoms with Gasteiger partial charge in [0.25, 0.3) is 0 Å². The Kier molecular flexibility index (Phi) is 4.32. The Labute approximate surface area is 82.6 Å². The lowest BCUT2D eigenvalue weighted by Crippen LogP contribution is -2.30. The largest absolute Gasteiger partial charge is 0.478 e. The van der Waals surface area contributed by atoms with Crippen molar-refractivity contribution in [3.63, 3.8) is 0 Å². The highest BCUT2D eigenvalue weighted by Crippen LogP contribution is 2.16. The van der Waals surface area contributed by atoms with Gasteiger partial charge in [0.15, 0.2) is 0 Å². The molecule has 0 radical (unpaired) electrons. The first-order valence-electron chi connectivity index (χ1n) is 4.39. The zero-order valence-corrected chi connectivity index (χ0v) is 8.56. The van der Waals surface area contributed by atoms with Crippen LogP contribution in [0, 0.1) is 0 Å². The van der Waals surface area contributed by atoms with Gasteiger partial charge in [0.05, 0.1) is 0 Å². The third-order valence-electron chi connectivity index (χ3n) is 1.97. The molecular formula is C9H15NO2S. The molecule has 1 saturated heterocycles. The molecule has 3 nitrogen and oxygen atoms in total. The molecule has 0 aromatic rings. The lowest BCUT2D eigenvalue weighted by atomic mass is 10.2. The van der Waals surface area contributed by atoms with Gasteiger partial charge in [0.2, 0.25) is 0 Å². The lowest BCUT2D eigenvalue weighted by Gasteiger charge is -2.10. The van der Waals surface area contributed by atoms with Gasteiger partial charge < -0.3 is 10.4 Å². The Hall–Kier alpha value is -0.480. The summed E-state index contributed by atoms with van der Waals surface area (Å²) in [5, 5.41) is 11.8. The number of hydrogen-bond acceptors (Lipinski definition) is 3. The van der Waals surface area contributed by atoms with Crippen molar-refractivity contribution in [3.05, 3.63) is 11.6 Å². The fraction of sp³-hybridized carbons (Fsp3) is 0.667. The molecule has 0 aromatic heterocycles. The maximum atomic E-state index is 10.3. The molecule has 13 heavy (non-hydrogen) atoms. The van der Waals surface area contributed by atoms with Gasteiger partial charge in [0, 0.05) is 24.4 Å². The van der Waals surface area contributed by atoms with Gasteiger partial charge in [-0.05, 0) is 19.1 Å². The average molecular weight is 201 g/mol. The summed E-state index contributed by atoms with van der Waals surface area (Å²) in [6.45, 7) is 2.53. The zero-order chi connectivity index (χ0) is 9.68. The third-order valence-corrected chi connectivity index (χ3v) is 3.13. The first-order chi connectivity index (χ1) is 6.18.